The molecular weight excluding hydrogens is 371 g/mol. The van der Waals surface area contributed by atoms with Gasteiger partial charge in [-0.3, -0.25) is 0 Å². The third-order valence-corrected chi connectivity index (χ3v) is 7.37. The molecule has 0 bridgehead atoms. The summed E-state index contributed by atoms with van der Waals surface area (Å²) in [4.78, 5) is 0. The van der Waals surface area contributed by atoms with Crippen LogP contribution in [0.4, 0.5) is 0 Å². The predicted octanol–water partition coefficient (Wildman–Crippen LogP) is 7.40. The molecule has 1 N–H and O–H groups in total. The summed E-state index contributed by atoms with van der Waals surface area (Å²) < 4.78 is 0. The van der Waals surface area contributed by atoms with E-state index in [1.165, 1.54) is 93.3 Å². The molecule has 1 aromatic carbocycles. The summed E-state index contributed by atoms with van der Waals surface area (Å²) in [7, 11) is 0. The Bertz CT molecular complexity index is 432. The van der Waals surface area contributed by atoms with E-state index in [4.69, 9.17) is 0 Å². The van der Waals surface area contributed by atoms with Crippen LogP contribution in [0.25, 0.3) is 0 Å². The second-order valence-corrected chi connectivity index (χ2v) is 10.0. The first-order valence-corrected chi connectivity index (χ1v) is 12.9. The van der Waals surface area contributed by atoms with Crippen LogP contribution in [0.5, 0.6) is 5.75 Å². The summed E-state index contributed by atoms with van der Waals surface area (Å²) in [5.74, 6) is 0.467. The molecule has 0 fully saturated rings. The van der Waals surface area contributed by atoms with Crippen molar-refractivity contribution in [2.75, 3.05) is 0 Å². The zero-order chi connectivity index (χ0) is 18.3. The summed E-state index contributed by atoms with van der Waals surface area (Å²) >= 11 is 0.834. The average Bonchev–Trinajstić information content (AvgIpc) is 2.60. The summed E-state index contributed by atoms with van der Waals surface area (Å²) in [5.41, 5.74) is 3.43. The van der Waals surface area contributed by atoms with E-state index in [0.29, 0.717) is 5.75 Å². The maximum absolute atomic E-state index is 9.83. The van der Waals surface area contributed by atoms with Crippen LogP contribution in [-0.4, -0.2) is 20.1 Å². The number of aromatic hydroxyl groups is 1. The number of phenolic OH excluding ortho intramolecular Hbond substituents is 1. The zero-order valence-electron chi connectivity index (χ0n) is 16.9. The Hall–Kier alpha value is -0.461. The second kappa shape index (κ2) is 14.7. The topological polar surface area (TPSA) is 20.2 Å². The molecule has 0 spiro atoms. The minimum atomic E-state index is 0.467. The number of aryl methyl sites for hydroxylation is 3. The fourth-order valence-electron chi connectivity index (χ4n) is 3.36. The quantitative estimate of drug-likeness (QED) is 0.235. The molecule has 0 saturated heterocycles. The number of benzene rings is 1. The molecule has 0 unspecified atom stereocenters. The van der Waals surface area contributed by atoms with Crippen molar-refractivity contribution in [3.8, 4) is 5.75 Å². The van der Waals surface area contributed by atoms with Gasteiger partial charge in [-0.25, -0.2) is 0 Å². The Morgan fingerprint density at radius 2 is 1.20 bits per heavy atom. The molecule has 0 radical (unpaired) electrons. The molecular formula is C23H40OSe. The Balaban J connectivity index is 1.89. The predicted molar refractivity (Wildman–Crippen MR) is 113 cm³/mol. The van der Waals surface area contributed by atoms with Crippen LogP contribution in [0.15, 0.2) is 12.1 Å². The number of hydrogen-bond donors (Lipinski definition) is 1. The van der Waals surface area contributed by atoms with E-state index in [-0.39, 0.29) is 0 Å². The van der Waals surface area contributed by atoms with Gasteiger partial charge in [0.2, 0.25) is 0 Å². The van der Waals surface area contributed by atoms with Gasteiger partial charge >= 0.3 is 163 Å². The van der Waals surface area contributed by atoms with Crippen molar-refractivity contribution >= 4 is 15.0 Å². The zero-order valence-corrected chi connectivity index (χ0v) is 18.6. The number of phenols is 1. The van der Waals surface area contributed by atoms with Crippen LogP contribution >= 0.6 is 0 Å². The molecule has 1 rings (SSSR count). The van der Waals surface area contributed by atoms with Crippen molar-refractivity contribution in [2.24, 2.45) is 0 Å². The molecule has 1 nitrogen and oxygen atoms in total. The van der Waals surface area contributed by atoms with Crippen LogP contribution in [-0.2, 0) is 6.42 Å². The van der Waals surface area contributed by atoms with Gasteiger partial charge in [0.05, 0.1) is 0 Å². The van der Waals surface area contributed by atoms with E-state index in [2.05, 4.69) is 19.1 Å². The summed E-state index contributed by atoms with van der Waals surface area (Å²) in [6.45, 7) is 6.29. The van der Waals surface area contributed by atoms with Gasteiger partial charge in [-0.15, -0.1) is 0 Å². The van der Waals surface area contributed by atoms with Gasteiger partial charge in [-0.1, -0.05) is 0 Å². The molecule has 0 amide bonds. The van der Waals surface area contributed by atoms with Gasteiger partial charge in [-0.05, 0) is 0 Å². The van der Waals surface area contributed by atoms with Gasteiger partial charge in [0, 0.05) is 0 Å². The molecule has 0 atom stereocenters. The fourth-order valence-corrected chi connectivity index (χ4v) is 5.38. The molecule has 1 aromatic rings. The van der Waals surface area contributed by atoms with Crippen LogP contribution in [0.3, 0.4) is 0 Å². The van der Waals surface area contributed by atoms with Gasteiger partial charge < -0.3 is 0 Å². The normalized spacial score (nSPS) is 11.2. The van der Waals surface area contributed by atoms with Crippen molar-refractivity contribution in [1.82, 2.24) is 0 Å². The van der Waals surface area contributed by atoms with Crippen molar-refractivity contribution in [1.29, 1.82) is 0 Å². The SMILES string of the molecule is CCCCCCCCCCCC[Se]CCCc1cc(C)c(O)c(C)c1. The number of unbranched alkanes of at least 4 members (excludes halogenated alkanes) is 9. The van der Waals surface area contributed by atoms with E-state index in [1.807, 2.05) is 13.8 Å². The molecule has 0 aliphatic rings. The number of hydrogen-bond acceptors (Lipinski definition) is 1. The molecule has 0 aliphatic heterocycles. The van der Waals surface area contributed by atoms with Gasteiger partial charge in [0.15, 0.2) is 0 Å². The van der Waals surface area contributed by atoms with Crippen LogP contribution < -0.4 is 0 Å². The maximum atomic E-state index is 9.83. The molecule has 25 heavy (non-hydrogen) atoms. The standard InChI is InChI=1S/C23H40OSe/c1-4-5-6-7-8-9-10-11-12-13-16-25-17-14-15-22-18-20(2)23(24)21(3)19-22/h18-19,24H,4-17H2,1-3H3. The Labute approximate surface area is 163 Å². The van der Waals surface area contributed by atoms with Crippen LogP contribution in [0.1, 0.15) is 94.2 Å². The summed E-state index contributed by atoms with van der Waals surface area (Å²) in [6.07, 6.45) is 16.9. The van der Waals surface area contributed by atoms with E-state index in [9.17, 15) is 5.11 Å². The Kier molecular flexibility index (Phi) is 13.3. The number of rotatable bonds is 15. The summed E-state index contributed by atoms with van der Waals surface area (Å²) in [5, 5.41) is 12.7. The first-order chi connectivity index (χ1) is 12.1. The first kappa shape index (κ1) is 22.6. The van der Waals surface area contributed by atoms with E-state index >= 15 is 0 Å². The monoisotopic (exact) mass is 412 g/mol. The average molecular weight is 412 g/mol. The Morgan fingerprint density at radius 1 is 0.720 bits per heavy atom. The van der Waals surface area contributed by atoms with E-state index in [0.717, 1.165) is 26.1 Å². The molecule has 144 valence electrons. The van der Waals surface area contributed by atoms with Crippen molar-refractivity contribution in [3.05, 3.63) is 28.8 Å². The van der Waals surface area contributed by atoms with Gasteiger partial charge in [0.25, 0.3) is 0 Å². The van der Waals surface area contributed by atoms with Crippen molar-refractivity contribution < 1.29 is 5.11 Å². The Morgan fingerprint density at radius 3 is 1.76 bits per heavy atom. The molecule has 2 heteroatoms. The molecule has 0 aliphatic carbocycles. The minimum absolute atomic E-state index is 0.467. The van der Waals surface area contributed by atoms with E-state index in [1.54, 1.807) is 0 Å². The van der Waals surface area contributed by atoms with Gasteiger partial charge in [0.1, 0.15) is 0 Å². The van der Waals surface area contributed by atoms with Crippen molar-refractivity contribution in [3.63, 3.8) is 0 Å². The van der Waals surface area contributed by atoms with Crippen LogP contribution in [0, 0.1) is 13.8 Å². The van der Waals surface area contributed by atoms with Gasteiger partial charge in [-0.2, -0.15) is 0 Å². The molecule has 0 saturated carbocycles. The second-order valence-electron chi connectivity index (χ2n) is 7.48. The third-order valence-electron chi connectivity index (χ3n) is 4.95. The first-order valence-electron chi connectivity index (χ1n) is 10.5. The molecule has 0 aromatic heterocycles. The van der Waals surface area contributed by atoms with E-state index < -0.39 is 0 Å². The molecule has 0 heterocycles. The third kappa shape index (κ3) is 11.0. The van der Waals surface area contributed by atoms with Crippen LogP contribution in [0.2, 0.25) is 10.6 Å². The summed E-state index contributed by atoms with van der Waals surface area (Å²) in [6, 6.07) is 4.30. The van der Waals surface area contributed by atoms with Crippen molar-refractivity contribution in [2.45, 2.75) is 108 Å². The fraction of sp³-hybridized carbons (Fsp3) is 0.739.